The normalized spacial score (nSPS) is 27.0. The highest BCUT2D eigenvalue weighted by Crippen LogP contribution is 2.41. The Morgan fingerprint density at radius 3 is 2.60 bits per heavy atom. The fourth-order valence-corrected chi connectivity index (χ4v) is 6.18. The number of nitrogens with one attached hydrogen (secondary N) is 1. The summed E-state index contributed by atoms with van der Waals surface area (Å²) in [5.41, 5.74) is 4.56. The lowest BCUT2D eigenvalue weighted by Crippen LogP contribution is -2.51. The molecule has 0 aromatic heterocycles. The lowest BCUT2D eigenvalue weighted by molar-refractivity contribution is -0.137. The first-order chi connectivity index (χ1) is 13.9. The van der Waals surface area contributed by atoms with Gasteiger partial charge in [0.15, 0.2) is 0 Å². The number of carbonyl (C=O) groups is 1. The molecular formula is C20H28F3N3O3S. The Morgan fingerprint density at radius 2 is 2.00 bits per heavy atom. The van der Waals surface area contributed by atoms with E-state index >= 15 is 0 Å². The second-order valence-corrected chi connectivity index (χ2v) is 10.3. The highest BCUT2D eigenvalue weighted by Gasteiger charge is 2.47. The minimum Gasteiger partial charge on any atom is -0.368 e. The van der Waals surface area contributed by atoms with Crippen molar-refractivity contribution in [2.24, 2.45) is 23.5 Å². The standard InChI is InChI=1S/C20H28F3N3O3S/c1-3-12(2)18(19(24)27)25-17-8-7-13-10-26(11-16(13)17)30(28,29)15-6-4-5-14(9-15)20(21,22)23/h4-6,9,12-13,16-18,25H,3,7-8,10-11H2,1-2H3,(H2,24,27)/t12-,13?,16?,17?,18-/m0/s1. The van der Waals surface area contributed by atoms with Crippen LogP contribution in [0, 0.1) is 17.8 Å². The monoisotopic (exact) mass is 447 g/mol. The molecule has 1 aromatic rings. The number of benzene rings is 1. The largest absolute Gasteiger partial charge is 0.416 e. The van der Waals surface area contributed by atoms with E-state index in [2.05, 4.69) is 5.32 Å². The summed E-state index contributed by atoms with van der Waals surface area (Å²) < 4.78 is 66.3. The SMILES string of the molecule is CC[C@H](C)[C@H](NC1CCC2CN(S(=O)(=O)c3cccc(C(F)(F)F)c3)CC21)C(N)=O. The number of fused-ring (bicyclic) bond motifs is 1. The summed E-state index contributed by atoms with van der Waals surface area (Å²) in [7, 11) is -4.04. The number of alkyl halides is 3. The van der Waals surface area contributed by atoms with Gasteiger partial charge in [-0.25, -0.2) is 8.42 Å². The topological polar surface area (TPSA) is 92.5 Å². The lowest BCUT2D eigenvalue weighted by atomic mass is 9.93. The molecule has 1 aromatic carbocycles. The molecule has 5 atom stereocenters. The van der Waals surface area contributed by atoms with E-state index in [-0.39, 0.29) is 41.8 Å². The minimum absolute atomic E-state index is 0.00326. The van der Waals surface area contributed by atoms with E-state index in [1.54, 1.807) is 0 Å². The van der Waals surface area contributed by atoms with Crippen molar-refractivity contribution >= 4 is 15.9 Å². The Hall–Kier alpha value is -1.65. The Bertz CT molecular complexity index is 891. The molecule has 1 aliphatic carbocycles. The fraction of sp³-hybridized carbons (Fsp3) is 0.650. The first-order valence-corrected chi connectivity index (χ1v) is 11.6. The minimum atomic E-state index is -4.61. The van der Waals surface area contributed by atoms with Crippen LogP contribution >= 0.6 is 0 Å². The zero-order valence-corrected chi connectivity index (χ0v) is 17.8. The molecule has 3 rings (SSSR count). The third-order valence-corrected chi connectivity index (χ3v) is 8.36. The summed E-state index contributed by atoms with van der Waals surface area (Å²) in [6.45, 7) is 4.39. The molecule has 2 aliphatic rings. The van der Waals surface area contributed by atoms with Crippen LogP contribution < -0.4 is 11.1 Å². The maximum absolute atomic E-state index is 13.0. The first-order valence-electron chi connectivity index (χ1n) is 10.2. The number of rotatable bonds is 7. The molecule has 10 heteroatoms. The van der Waals surface area contributed by atoms with Gasteiger partial charge < -0.3 is 11.1 Å². The third kappa shape index (κ3) is 4.50. The van der Waals surface area contributed by atoms with Crippen LogP contribution in [0.4, 0.5) is 13.2 Å². The molecule has 0 spiro atoms. The second-order valence-electron chi connectivity index (χ2n) is 8.39. The van der Waals surface area contributed by atoms with E-state index in [1.165, 1.54) is 10.4 Å². The van der Waals surface area contributed by atoms with E-state index in [0.29, 0.717) is 6.07 Å². The quantitative estimate of drug-likeness (QED) is 0.672. The molecule has 3 N–H and O–H groups in total. The van der Waals surface area contributed by atoms with Crippen molar-refractivity contribution in [3.8, 4) is 0 Å². The molecular weight excluding hydrogens is 419 g/mol. The maximum Gasteiger partial charge on any atom is 0.416 e. The van der Waals surface area contributed by atoms with Gasteiger partial charge in [-0.05, 0) is 48.8 Å². The van der Waals surface area contributed by atoms with Crippen molar-refractivity contribution in [1.82, 2.24) is 9.62 Å². The highest BCUT2D eigenvalue weighted by atomic mass is 32.2. The van der Waals surface area contributed by atoms with E-state index in [0.717, 1.165) is 31.4 Å². The van der Waals surface area contributed by atoms with Crippen molar-refractivity contribution in [2.75, 3.05) is 13.1 Å². The van der Waals surface area contributed by atoms with Crippen molar-refractivity contribution in [3.63, 3.8) is 0 Å². The molecule has 1 aliphatic heterocycles. The summed E-state index contributed by atoms with van der Waals surface area (Å²) in [6, 6.07) is 3.30. The van der Waals surface area contributed by atoms with Crippen LogP contribution in [-0.4, -0.2) is 43.8 Å². The molecule has 0 bridgehead atoms. The van der Waals surface area contributed by atoms with E-state index in [1.807, 2.05) is 13.8 Å². The lowest BCUT2D eigenvalue weighted by Gasteiger charge is -2.28. The second kappa shape index (κ2) is 8.47. The van der Waals surface area contributed by atoms with Gasteiger partial charge in [-0.1, -0.05) is 26.3 Å². The summed E-state index contributed by atoms with van der Waals surface area (Å²) in [4.78, 5) is 11.5. The summed E-state index contributed by atoms with van der Waals surface area (Å²) in [5.74, 6) is -0.280. The Morgan fingerprint density at radius 1 is 1.30 bits per heavy atom. The number of nitrogens with zero attached hydrogens (tertiary/aromatic N) is 1. The van der Waals surface area contributed by atoms with Gasteiger partial charge in [-0.15, -0.1) is 0 Å². The van der Waals surface area contributed by atoms with Crippen molar-refractivity contribution < 1.29 is 26.4 Å². The van der Waals surface area contributed by atoms with Gasteiger partial charge in [0.1, 0.15) is 0 Å². The zero-order chi connectivity index (χ0) is 22.3. The third-order valence-electron chi connectivity index (χ3n) is 6.54. The Labute approximate surface area is 175 Å². The number of hydrogen-bond acceptors (Lipinski definition) is 4. The highest BCUT2D eigenvalue weighted by molar-refractivity contribution is 7.89. The number of sulfonamides is 1. The van der Waals surface area contributed by atoms with Gasteiger partial charge in [0.25, 0.3) is 0 Å². The van der Waals surface area contributed by atoms with E-state index in [9.17, 15) is 26.4 Å². The fourth-order valence-electron chi connectivity index (χ4n) is 4.60. The Kier molecular flexibility index (Phi) is 6.50. The van der Waals surface area contributed by atoms with Gasteiger partial charge >= 0.3 is 6.18 Å². The van der Waals surface area contributed by atoms with Crippen LogP contribution in [0.5, 0.6) is 0 Å². The predicted molar refractivity (Wildman–Crippen MR) is 106 cm³/mol. The summed E-state index contributed by atoms with van der Waals surface area (Å²) in [5, 5.41) is 3.33. The van der Waals surface area contributed by atoms with Gasteiger partial charge in [-0.3, -0.25) is 4.79 Å². The van der Waals surface area contributed by atoms with Gasteiger partial charge in [0.2, 0.25) is 15.9 Å². The predicted octanol–water partition coefficient (Wildman–Crippen LogP) is 2.59. The number of halogens is 3. The Balaban J connectivity index is 1.76. The van der Waals surface area contributed by atoms with Crippen molar-refractivity contribution in [2.45, 2.75) is 56.3 Å². The average Bonchev–Trinajstić information content (AvgIpc) is 3.26. The van der Waals surface area contributed by atoms with Crippen molar-refractivity contribution in [1.29, 1.82) is 0 Å². The number of primary amides is 1. The van der Waals surface area contributed by atoms with Gasteiger partial charge in [0, 0.05) is 19.1 Å². The zero-order valence-electron chi connectivity index (χ0n) is 17.0. The molecule has 1 heterocycles. The molecule has 168 valence electrons. The molecule has 6 nitrogen and oxygen atoms in total. The van der Waals surface area contributed by atoms with Crippen LogP contribution in [0.3, 0.4) is 0 Å². The molecule has 2 fully saturated rings. The number of hydrogen-bond donors (Lipinski definition) is 2. The van der Waals surface area contributed by atoms with Crippen molar-refractivity contribution in [3.05, 3.63) is 29.8 Å². The smallest absolute Gasteiger partial charge is 0.368 e. The molecule has 30 heavy (non-hydrogen) atoms. The van der Waals surface area contributed by atoms with Crippen LogP contribution in [0.25, 0.3) is 0 Å². The summed E-state index contributed by atoms with van der Waals surface area (Å²) >= 11 is 0. The van der Waals surface area contributed by atoms with Crippen LogP contribution in [-0.2, 0) is 21.0 Å². The first kappa shape index (κ1) is 23.0. The molecule has 1 amide bonds. The number of nitrogens with two attached hydrogens (primary N) is 1. The number of carbonyl (C=O) groups excluding carboxylic acids is 1. The van der Waals surface area contributed by atoms with Gasteiger partial charge in [0.05, 0.1) is 16.5 Å². The van der Waals surface area contributed by atoms with Crippen LogP contribution in [0.2, 0.25) is 0 Å². The van der Waals surface area contributed by atoms with Crippen LogP contribution in [0.1, 0.15) is 38.7 Å². The van der Waals surface area contributed by atoms with Crippen LogP contribution in [0.15, 0.2) is 29.2 Å². The average molecular weight is 448 g/mol. The van der Waals surface area contributed by atoms with E-state index in [4.69, 9.17) is 5.73 Å². The summed E-state index contributed by atoms with van der Waals surface area (Å²) in [6.07, 6.45) is -2.23. The molecule has 3 unspecified atom stereocenters. The molecule has 1 saturated heterocycles. The maximum atomic E-state index is 13.0. The van der Waals surface area contributed by atoms with Gasteiger partial charge in [-0.2, -0.15) is 17.5 Å². The number of amides is 1. The molecule has 1 saturated carbocycles. The molecule has 0 radical (unpaired) electrons. The van der Waals surface area contributed by atoms with E-state index < -0.39 is 33.7 Å².